The Balaban J connectivity index is 1.22. The van der Waals surface area contributed by atoms with Gasteiger partial charge in [-0.05, 0) is 56.8 Å². The van der Waals surface area contributed by atoms with Gasteiger partial charge >= 0.3 is 5.97 Å². The SMILES string of the molecule is CCCN1CCN(C(=N)c2ccc(C3CC(CN4CCC(CC(=O)O)CC4)ON3)cc2)CC1. The quantitative estimate of drug-likeness (QED) is 0.408. The average molecular weight is 458 g/mol. The van der Waals surface area contributed by atoms with Crippen molar-refractivity contribution in [3.05, 3.63) is 35.4 Å². The van der Waals surface area contributed by atoms with Crippen LogP contribution in [0.15, 0.2) is 24.3 Å². The van der Waals surface area contributed by atoms with E-state index in [2.05, 4.69) is 51.4 Å². The first-order valence-corrected chi connectivity index (χ1v) is 12.5. The molecule has 33 heavy (non-hydrogen) atoms. The summed E-state index contributed by atoms with van der Waals surface area (Å²) in [6.45, 7) is 10.1. The van der Waals surface area contributed by atoms with Gasteiger partial charge in [0.15, 0.2) is 0 Å². The number of carboxylic acids is 1. The molecule has 1 aromatic rings. The number of piperidine rings is 1. The van der Waals surface area contributed by atoms with E-state index in [9.17, 15) is 4.79 Å². The lowest BCUT2D eigenvalue weighted by Crippen LogP contribution is -2.48. The van der Waals surface area contributed by atoms with E-state index in [1.165, 1.54) is 12.0 Å². The molecule has 0 amide bonds. The summed E-state index contributed by atoms with van der Waals surface area (Å²) in [4.78, 5) is 23.9. The Labute approximate surface area is 197 Å². The van der Waals surface area contributed by atoms with E-state index < -0.39 is 5.97 Å². The van der Waals surface area contributed by atoms with Gasteiger partial charge in [-0.15, -0.1) is 0 Å². The smallest absolute Gasteiger partial charge is 0.303 e. The van der Waals surface area contributed by atoms with Gasteiger partial charge in [0.05, 0.1) is 12.1 Å². The van der Waals surface area contributed by atoms with Gasteiger partial charge in [0, 0.05) is 44.7 Å². The van der Waals surface area contributed by atoms with Crippen LogP contribution in [0.2, 0.25) is 0 Å². The fourth-order valence-electron chi connectivity index (χ4n) is 5.33. The van der Waals surface area contributed by atoms with Crippen LogP contribution in [-0.4, -0.2) is 90.1 Å². The first-order chi connectivity index (χ1) is 16.0. The number of aliphatic carboxylic acids is 1. The van der Waals surface area contributed by atoms with Crippen molar-refractivity contribution >= 4 is 11.8 Å². The Kier molecular flexibility index (Phi) is 8.35. The lowest BCUT2D eigenvalue weighted by Gasteiger charge is -2.36. The molecule has 3 heterocycles. The summed E-state index contributed by atoms with van der Waals surface area (Å²) < 4.78 is 0. The minimum atomic E-state index is -0.685. The number of nitrogens with zero attached hydrogens (tertiary/aromatic N) is 3. The summed E-state index contributed by atoms with van der Waals surface area (Å²) in [5, 5.41) is 17.6. The molecular formula is C25H39N5O3. The zero-order chi connectivity index (χ0) is 23.2. The van der Waals surface area contributed by atoms with E-state index in [1.807, 2.05) is 0 Å². The molecule has 0 bridgehead atoms. The number of likely N-dealkylation sites (tertiary alicyclic amines) is 1. The lowest BCUT2D eigenvalue weighted by atomic mass is 9.93. The van der Waals surface area contributed by atoms with E-state index in [-0.39, 0.29) is 12.1 Å². The summed E-state index contributed by atoms with van der Waals surface area (Å²) in [7, 11) is 0. The van der Waals surface area contributed by atoms with Gasteiger partial charge in [0.25, 0.3) is 0 Å². The molecule has 0 saturated carbocycles. The van der Waals surface area contributed by atoms with Crippen LogP contribution in [0, 0.1) is 11.3 Å². The normalized spacial score (nSPS) is 25.4. The fraction of sp³-hybridized carbons (Fsp3) is 0.680. The van der Waals surface area contributed by atoms with Crippen LogP contribution in [0.3, 0.4) is 0 Å². The number of hydrogen-bond acceptors (Lipinski definition) is 6. The number of carboxylic acid groups (broad SMARTS) is 1. The van der Waals surface area contributed by atoms with Crippen LogP contribution >= 0.6 is 0 Å². The molecule has 8 heteroatoms. The third-order valence-corrected chi connectivity index (χ3v) is 7.32. The third kappa shape index (κ3) is 6.53. The zero-order valence-corrected chi connectivity index (χ0v) is 19.8. The van der Waals surface area contributed by atoms with Crippen molar-refractivity contribution in [3.8, 4) is 0 Å². The maximum Gasteiger partial charge on any atom is 0.303 e. The highest BCUT2D eigenvalue weighted by Crippen LogP contribution is 2.28. The summed E-state index contributed by atoms with van der Waals surface area (Å²) in [6, 6.07) is 8.55. The predicted molar refractivity (Wildman–Crippen MR) is 128 cm³/mol. The van der Waals surface area contributed by atoms with Crippen LogP contribution < -0.4 is 5.48 Å². The van der Waals surface area contributed by atoms with Crippen molar-refractivity contribution in [1.29, 1.82) is 5.41 Å². The molecular weight excluding hydrogens is 418 g/mol. The fourth-order valence-corrected chi connectivity index (χ4v) is 5.33. The van der Waals surface area contributed by atoms with Crippen molar-refractivity contribution in [1.82, 2.24) is 20.2 Å². The van der Waals surface area contributed by atoms with Gasteiger partial charge < -0.3 is 14.9 Å². The lowest BCUT2D eigenvalue weighted by molar-refractivity contribution is -0.138. The second-order valence-electron chi connectivity index (χ2n) is 9.79. The second kappa shape index (κ2) is 11.4. The van der Waals surface area contributed by atoms with Crippen molar-refractivity contribution < 1.29 is 14.7 Å². The van der Waals surface area contributed by atoms with E-state index in [0.29, 0.717) is 18.2 Å². The molecule has 8 nitrogen and oxygen atoms in total. The Bertz CT molecular complexity index is 786. The molecule has 3 aliphatic rings. The highest BCUT2D eigenvalue weighted by Gasteiger charge is 2.30. The van der Waals surface area contributed by atoms with Crippen molar-refractivity contribution in [2.24, 2.45) is 5.92 Å². The summed E-state index contributed by atoms with van der Waals surface area (Å²) in [5.41, 5.74) is 5.37. The number of rotatable bonds is 8. The van der Waals surface area contributed by atoms with Crippen molar-refractivity contribution in [2.45, 2.75) is 51.2 Å². The highest BCUT2D eigenvalue weighted by atomic mass is 16.7. The molecule has 0 aliphatic carbocycles. The molecule has 182 valence electrons. The number of carbonyl (C=O) groups is 1. The maximum absolute atomic E-state index is 10.9. The molecule has 2 unspecified atom stereocenters. The molecule has 1 aromatic carbocycles. The Hall–Kier alpha value is -2.00. The summed E-state index contributed by atoms with van der Waals surface area (Å²) in [6.07, 6.45) is 4.45. The largest absolute Gasteiger partial charge is 0.481 e. The topological polar surface area (TPSA) is 92.1 Å². The van der Waals surface area contributed by atoms with Crippen LogP contribution in [0.4, 0.5) is 0 Å². The van der Waals surface area contributed by atoms with E-state index in [0.717, 1.165) is 77.2 Å². The van der Waals surface area contributed by atoms with Gasteiger partial charge in [-0.2, -0.15) is 5.48 Å². The Morgan fingerprint density at radius 2 is 1.79 bits per heavy atom. The van der Waals surface area contributed by atoms with Crippen LogP contribution in [-0.2, 0) is 9.63 Å². The van der Waals surface area contributed by atoms with Gasteiger partial charge in [-0.25, -0.2) is 0 Å². The summed E-state index contributed by atoms with van der Waals surface area (Å²) in [5.74, 6) is 0.249. The van der Waals surface area contributed by atoms with Gasteiger partial charge in [-0.1, -0.05) is 31.2 Å². The highest BCUT2D eigenvalue weighted by molar-refractivity contribution is 5.96. The first kappa shape index (κ1) is 24.1. The standard InChI is InChI=1S/C25H39N5O3/c1-2-9-28-12-14-30(15-13-28)25(26)21-5-3-20(4-6-21)23-17-22(33-27-23)18-29-10-7-19(8-11-29)16-24(31)32/h3-6,19,22-23,26-27H,2,7-18H2,1H3,(H,31,32). The zero-order valence-electron chi connectivity index (χ0n) is 19.8. The van der Waals surface area contributed by atoms with E-state index in [1.54, 1.807) is 0 Å². The third-order valence-electron chi connectivity index (χ3n) is 7.32. The second-order valence-corrected chi connectivity index (χ2v) is 9.79. The minimum absolute atomic E-state index is 0.142. The number of piperazine rings is 1. The molecule has 2 atom stereocenters. The molecule has 3 aliphatic heterocycles. The maximum atomic E-state index is 10.9. The first-order valence-electron chi connectivity index (χ1n) is 12.5. The number of benzene rings is 1. The minimum Gasteiger partial charge on any atom is -0.481 e. The van der Waals surface area contributed by atoms with Crippen LogP contribution in [0.1, 0.15) is 56.2 Å². The van der Waals surface area contributed by atoms with Gasteiger partial charge in [0.2, 0.25) is 0 Å². The van der Waals surface area contributed by atoms with E-state index >= 15 is 0 Å². The monoisotopic (exact) mass is 457 g/mol. The predicted octanol–water partition coefficient (Wildman–Crippen LogP) is 2.56. The molecule has 0 spiro atoms. The van der Waals surface area contributed by atoms with Crippen LogP contribution in [0.25, 0.3) is 0 Å². The Morgan fingerprint density at radius 1 is 1.09 bits per heavy atom. The number of nitrogens with one attached hydrogen (secondary N) is 2. The molecule has 3 N–H and O–H groups in total. The number of hydrogen-bond donors (Lipinski definition) is 3. The molecule has 0 radical (unpaired) electrons. The molecule has 4 rings (SSSR count). The number of amidine groups is 1. The van der Waals surface area contributed by atoms with Crippen molar-refractivity contribution in [2.75, 3.05) is 52.4 Å². The van der Waals surface area contributed by atoms with Gasteiger partial charge in [-0.3, -0.25) is 19.9 Å². The van der Waals surface area contributed by atoms with Crippen molar-refractivity contribution in [3.63, 3.8) is 0 Å². The van der Waals surface area contributed by atoms with Crippen LogP contribution in [0.5, 0.6) is 0 Å². The van der Waals surface area contributed by atoms with Gasteiger partial charge in [0.1, 0.15) is 5.84 Å². The molecule has 3 saturated heterocycles. The summed E-state index contributed by atoms with van der Waals surface area (Å²) >= 11 is 0. The average Bonchev–Trinajstić information content (AvgIpc) is 3.29. The Morgan fingerprint density at radius 3 is 2.42 bits per heavy atom. The number of hydroxylamine groups is 1. The molecule has 0 aromatic heterocycles. The molecule has 3 fully saturated rings. The van der Waals surface area contributed by atoms with E-state index in [4.69, 9.17) is 15.4 Å².